The normalized spacial score (nSPS) is 11.0. The first-order chi connectivity index (χ1) is 16.4. The molecule has 4 rings (SSSR count). The second-order valence-corrected chi connectivity index (χ2v) is 10.4. The van der Waals surface area contributed by atoms with Gasteiger partial charge in [0.15, 0.2) is 0 Å². The van der Waals surface area contributed by atoms with E-state index in [9.17, 15) is 13.2 Å². The predicted molar refractivity (Wildman–Crippen MR) is 135 cm³/mol. The lowest BCUT2D eigenvalue weighted by atomic mass is 10.2. The molecule has 0 unspecified atom stereocenters. The molecule has 2 amide bonds. The van der Waals surface area contributed by atoms with Gasteiger partial charge in [0.05, 0.1) is 18.4 Å². The van der Waals surface area contributed by atoms with Crippen LogP contribution in [0.2, 0.25) is 0 Å². The summed E-state index contributed by atoms with van der Waals surface area (Å²) in [6, 6.07) is 22.1. The Labute approximate surface area is 201 Å². The number of ether oxygens (including phenoxy) is 1. The minimum atomic E-state index is -3.78. The van der Waals surface area contributed by atoms with Crippen LogP contribution >= 0.6 is 11.3 Å². The van der Waals surface area contributed by atoms with Gasteiger partial charge in [-0.2, -0.15) is 0 Å². The molecule has 2 aromatic carbocycles. The van der Waals surface area contributed by atoms with E-state index in [-0.39, 0.29) is 4.21 Å². The number of benzene rings is 2. The van der Waals surface area contributed by atoms with Crippen molar-refractivity contribution < 1.29 is 17.9 Å². The molecular weight excluding hydrogens is 472 g/mol. The molecule has 0 saturated heterocycles. The Hall–Kier alpha value is -3.89. The van der Waals surface area contributed by atoms with Crippen LogP contribution in [0.3, 0.4) is 0 Å². The van der Waals surface area contributed by atoms with E-state index >= 15 is 0 Å². The van der Waals surface area contributed by atoms with Crippen LogP contribution in [0.25, 0.3) is 10.4 Å². The van der Waals surface area contributed by atoms with Crippen molar-refractivity contribution in [1.82, 2.24) is 4.98 Å². The fraction of sp³-hybridized carbons (Fsp3) is 0.0833. The Morgan fingerprint density at radius 1 is 0.912 bits per heavy atom. The molecule has 0 atom stereocenters. The quantitative estimate of drug-likeness (QED) is 0.364. The lowest BCUT2D eigenvalue weighted by molar-refractivity contribution is 0.262. The Balaban J connectivity index is 1.47. The van der Waals surface area contributed by atoms with E-state index in [4.69, 9.17) is 4.74 Å². The Morgan fingerprint density at radius 3 is 2.26 bits per heavy atom. The Morgan fingerprint density at radius 2 is 1.59 bits per heavy atom. The zero-order valence-electron chi connectivity index (χ0n) is 18.4. The summed E-state index contributed by atoms with van der Waals surface area (Å²) in [5.41, 5.74) is 2.39. The van der Waals surface area contributed by atoms with E-state index in [1.54, 1.807) is 60.8 Å². The summed E-state index contributed by atoms with van der Waals surface area (Å²) in [5, 5.41) is 5.45. The molecule has 0 bridgehead atoms. The second kappa shape index (κ2) is 9.94. The summed E-state index contributed by atoms with van der Waals surface area (Å²) in [6.45, 7) is 0. The average Bonchev–Trinajstić information content (AvgIpc) is 3.36. The third-order valence-corrected chi connectivity index (χ3v) is 8.32. The minimum Gasteiger partial charge on any atom is -0.481 e. The van der Waals surface area contributed by atoms with Crippen LogP contribution in [0.1, 0.15) is 0 Å². The van der Waals surface area contributed by atoms with Crippen molar-refractivity contribution in [2.45, 2.75) is 4.21 Å². The number of nitrogens with zero attached hydrogens (tertiary/aromatic N) is 2. The molecule has 2 aromatic heterocycles. The zero-order valence-corrected chi connectivity index (χ0v) is 20.1. The van der Waals surface area contributed by atoms with Crippen LogP contribution in [-0.2, 0) is 10.0 Å². The molecule has 34 heavy (non-hydrogen) atoms. The summed E-state index contributed by atoms with van der Waals surface area (Å²) < 4.78 is 33.1. The number of thiophene rings is 1. The van der Waals surface area contributed by atoms with Gasteiger partial charge < -0.3 is 15.4 Å². The number of anilines is 3. The topological polar surface area (TPSA) is 101 Å². The van der Waals surface area contributed by atoms with Crippen molar-refractivity contribution in [3.05, 3.63) is 85.1 Å². The number of nitrogens with one attached hydrogen (secondary N) is 2. The number of para-hydroxylation sites is 1. The third-order valence-electron chi connectivity index (χ3n) is 4.95. The first-order valence-electron chi connectivity index (χ1n) is 10.2. The largest absolute Gasteiger partial charge is 0.481 e. The van der Waals surface area contributed by atoms with E-state index in [0.29, 0.717) is 22.9 Å². The van der Waals surface area contributed by atoms with Crippen molar-refractivity contribution in [1.29, 1.82) is 0 Å². The summed E-state index contributed by atoms with van der Waals surface area (Å²) in [5.74, 6) is 0.432. The highest BCUT2D eigenvalue weighted by Gasteiger charge is 2.24. The van der Waals surface area contributed by atoms with E-state index in [2.05, 4.69) is 15.6 Å². The first-order valence-corrected chi connectivity index (χ1v) is 12.5. The zero-order chi connectivity index (χ0) is 24.1. The van der Waals surface area contributed by atoms with E-state index < -0.39 is 16.1 Å². The smallest absolute Gasteiger partial charge is 0.323 e. The molecule has 0 spiro atoms. The average molecular weight is 495 g/mol. The molecule has 10 heteroatoms. The molecular formula is C24H22N4O4S2. The molecule has 0 saturated carbocycles. The van der Waals surface area contributed by atoms with Gasteiger partial charge in [0.25, 0.3) is 10.0 Å². The van der Waals surface area contributed by atoms with Gasteiger partial charge in [-0.15, -0.1) is 11.3 Å². The second-order valence-electron chi connectivity index (χ2n) is 7.14. The van der Waals surface area contributed by atoms with Crippen LogP contribution in [0, 0.1) is 0 Å². The van der Waals surface area contributed by atoms with Crippen LogP contribution < -0.4 is 19.7 Å². The number of amides is 2. The van der Waals surface area contributed by atoms with Gasteiger partial charge in [-0.25, -0.2) is 18.2 Å². The van der Waals surface area contributed by atoms with Crippen LogP contribution in [0.5, 0.6) is 5.88 Å². The van der Waals surface area contributed by atoms with Gasteiger partial charge in [-0.05, 0) is 60.7 Å². The third kappa shape index (κ3) is 5.03. The molecule has 174 valence electrons. The number of carbonyl (C=O) groups is 1. The number of rotatable bonds is 7. The Bertz CT molecular complexity index is 1390. The maximum Gasteiger partial charge on any atom is 0.323 e. The molecule has 0 aliphatic rings. The van der Waals surface area contributed by atoms with Gasteiger partial charge in [-0.3, -0.25) is 4.31 Å². The van der Waals surface area contributed by atoms with Crippen molar-refractivity contribution in [2.24, 2.45) is 0 Å². The van der Waals surface area contributed by atoms with Crippen molar-refractivity contribution >= 4 is 44.5 Å². The molecule has 0 aliphatic heterocycles. The van der Waals surface area contributed by atoms with Gasteiger partial charge in [-0.1, -0.05) is 18.2 Å². The minimum absolute atomic E-state index is 0.195. The van der Waals surface area contributed by atoms with Gasteiger partial charge in [0.1, 0.15) is 4.21 Å². The van der Waals surface area contributed by atoms with E-state index in [0.717, 1.165) is 21.8 Å². The van der Waals surface area contributed by atoms with Gasteiger partial charge >= 0.3 is 6.03 Å². The number of hydrogen-bond acceptors (Lipinski definition) is 6. The number of sulfonamides is 1. The lowest BCUT2D eigenvalue weighted by Gasteiger charge is -2.19. The lowest BCUT2D eigenvalue weighted by Crippen LogP contribution is -2.25. The maximum atomic E-state index is 13.2. The number of urea groups is 1. The summed E-state index contributed by atoms with van der Waals surface area (Å²) in [4.78, 5) is 17.1. The van der Waals surface area contributed by atoms with Crippen molar-refractivity contribution in [2.75, 3.05) is 29.1 Å². The molecule has 0 fully saturated rings. The van der Waals surface area contributed by atoms with Crippen LogP contribution in [0.15, 0.2) is 89.3 Å². The van der Waals surface area contributed by atoms with Crippen molar-refractivity contribution in [3.63, 3.8) is 0 Å². The Kier molecular flexibility index (Phi) is 6.80. The maximum absolute atomic E-state index is 13.2. The number of aromatic nitrogens is 1. The standard InChI is InChI=1S/C24H22N4O4S2/c1-28(19-12-10-18(11-13-19)27-24(29)26-17-7-4-3-5-8-17)34(30,31)22-15-14-21(33-22)20-9-6-16-25-23(20)32-2/h3-16H,1-2H3,(H2,26,27,29). The van der Waals surface area contributed by atoms with E-state index in [1.807, 2.05) is 24.3 Å². The number of carbonyl (C=O) groups excluding carboxylic acids is 1. The number of methoxy groups -OCH3 is 1. The van der Waals surface area contributed by atoms with E-state index in [1.165, 1.54) is 18.5 Å². The van der Waals surface area contributed by atoms with Crippen LogP contribution in [0.4, 0.5) is 21.9 Å². The fourth-order valence-electron chi connectivity index (χ4n) is 3.19. The van der Waals surface area contributed by atoms with Gasteiger partial charge in [0.2, 0.25) is 5.88 Å². The highest BCUT2D eigenvalue weighted by Crippen LogP contribution is 2.36. The molecule has 8 nitrogen and oxygen atoms in total. The fourth-order valence-corrected chi connectivity index (χ4v) is 5.88. The molecule has 2 N–H and O–H groups in total. The summed E-state index contributed by atoms with van der Waals surface area (Å²) in [6.07, 6.45) is 1.62. The summed E-state index contributed by atoms with van der Waals surface area (Å²) in [7, 11) is -0.772. The first kappa shape index (κ1) is 23.3. The highest BCUT2D eigenvalue weighted by atomic mass is 32.2. The number of pyridine rings is 1. The molecule has 0 radical (unpaired) electrons. The molecule has 0 aliphatic carbocycles. The predicted octanol–water partition coefficient (Wildman–Crippen LogP) is 5.29. The molecule has 2 heterocycles. The summed E-state index contributed by atoms with van der Waals surface area (Å²) >= 11 is 1.14. The SMILES string of the molecule is COc1ncccc1-c1ccc(S(=O)(=O)N(C)c2ccc(NC(=O)Nc3ccccc3)cc2)s1. The van der Waals surface area contributed by atoms with Crippen LogP contribution in [-0.4, -0.2) is 33.6 Å². The monoisotopic (exact) mass is 494 g/mol. The highest BCUT2D eigenvalue weighted by molar-refractivity contribution is 7.94. The van der Waals surface area contributed by atoms with Crippen molar-refractivity contribution in [3.8, 4) is 16.3 Å². The van der Waals surface area contributed by atoms with Gasteiger partial charge in [0, 0.05) is 29.5 Å². The number of hydrogen-bond donors (Lipinski definition) is 2. The molecule has 4 aromatic rings.